The molecule has 0 radical (unpaired) electrons. The van der Waals surface area contributed by atoms with E-state index in [1.54, 1.807) is 6.07 Å². The number of rotatable bonds is 6. The van der Waals surface area contributed by atoms with E-state index in [0.717, 1.165) is 36.3 Å². The molecular formula is C18H24N2O. The molecule has 2 rings (SSSR count). The van der Waals surface area contributed by atoms with Crippen LogP contribution in [0.3, 0.4) is 0 Å². The van der Waals surface area contributed by atoms with Gasteiger partial charge >= 0.3 is 0 Å². The number of phenolic OH excluding ortho intramolecular Hbond substituents is 1. The average Bonchev–Trinajstić information content (AvgIpc) is 2.48. The number of phenols is 1. The van der Waals surface area contributed by atoms with Crippen LogP contribution >= 0.6 is 0 Å². The summed E-state index contributed by atoms with van der Waals surface area (Å²) in [6.45, 7) is 4.98. The molecule has 21 heavy (non-hydrogen) atoms. The third kappa shape index (κ3) is 3.76. The Labute approximate surface area is 127 Å². The fourth-order valence-electron chi connectivity index (χ4n) is 2.42. The molecular weight excluding hydrogens is 260 g/mol. The van der Waals surface area contributed by atoms with E-state index >= 15 is 0 Å². The molecule has 2 aromatic carbocycles. The molecule has 0 aliphatic carbocycles. The summed E-state index contributed by atoms with van der Waals surface area (Å²) in [6, 6.07) is 15.8. The van der Waals surface area contributed by atoms with Crippen LogP contribution in [0.5, 0.6) is 5.75 Å². The minimum absolute atomic E-state index is 0.167. The van der Waals surface area contributed by atoms with Gasteiger partial charge in [-0.1, -0.05) is 37.6 Å². The van der Waals surface area contributed by atoms with Crippen LogP contribution in [0.25, 0.3) is 0 Å². The van der Waals surface area contributed by atoms with Crippen molar-refractivity contribution < 1.29 is 5.11 Å². The normalized spacial score (nSPS) is 12.1. The lowest BCUT2D eigenvalue weighted by Gasteiger charge is -2.25. The number of hydrogen-bond acceptors (Lipinski definition) is 3. The van der Waals surface area contributed by atoms with Gasteiger partial charge in [-0.25, -0.2) is 0 Å². The van der Waals surface area contributed by atoms with Gasteiger partial charge in [0.05, 0.1) is 0 Å². The third-order valence-corrected chi connectivity index (χ3v) is 3.62. The quantitative estimate of drug-likeness (QED) is 0.829. The molecule has 0 aromatic heterocycles. The predicted octanol–water partition coefficient (Wildman–Crippen LogP) is 4.35. The molecule has 1 atom stereocenters. The SMILES string of the molecule is CCCCN(c1ccccc1)c1ccc(C(C)N)c(O)c1. The maximum Gasteiger partial charge on any atom is 0.122 e. The van der Waals surface area contributed by atoms with Crippen molar-refractivity contribution in [2.75, 3.05) is 11.4 Å². The predicted molar refractivity (Wildman–Crippen MR) is 89.1 cm³/mol. The topological polar surface area (TPSA) is 49.5 Å². The fraction of sp³-hybridized carbons (Fsp3) is 0.333. The largest absolute Gasteiger partial charge is 0.508 e. The lowest BCUT2D eigenvalue weighted by molar-refractivity contribution is 0.464. The van der Waals surface area contributed by atoms with Gasteiger partial charge in [-0.05, 0) is 31.5 Å². The van der Waals surface area contributed by atoms with Crippen molar-refractivity contribution in [1.82, 2.24) is 0 Å². The highest BCUT2D eigenvalue weighted by Gasteiger charge is 2.12. The van der Waals surface area contributed by atoms with Gasteiger partial charge in [-0.2, -0.15) is 0 Å². The molecule has 0 bridgehead atoms. The van der Waals surface area contributed by atoms with Gasteiger partial charge in [0.15, 0.2) is 0 Å². The Morgan fingerprint density at radius 2 is 1.81 bits per heavy atom. The summed E-state index contributed by atoms with van der Waals surface area (Å²) in [5.74, 6) is 0.264. The molecule has 0 saturated heterocycles. The molecule has 1 unspecified atom stereocenters. The lowest BCUT2D eigenvalue weighted by atomic mass is 10.1. The molecule has 0 saturated carbocycles. The highest BCUT2D eigenvalue weighted by molar-refractivity contribution is 5.65. The first-order valence-electron chi connectivity index (χ1n) is 7.54. The van der Waals surface area contributed by atoms with Gasteiger partial charge in [0.25, 0.3) is 0 Å². The number of unbranched alkanes of at least 4 members (excludes halogenated alkanes) is 1. The second-order valence-corrected chi connectivity index (χ2v) is 5.37. The van der Waals surface area contributed by atoms with Gasteiger partial charge in [0.1, 0.15) is 5.75 Å². The molecule has 0 spiro atoms. The van der Waals surface area contributed by atoms with Gasteiger partial charge in [-0.15, -0.1) is 0 Å². The third-order valence-electron chi connectivity index (χ3n) is 3.62. The van der Waals surface area contributed by atoms with Gasteiger partial charge < -0.3 is 15.7 Å². The van der Waals surface area contributed by atoms with Crippen molar-refractivity contribution in [2.24, 2.45) is 5.73 Å². The second kappa shape index (κ2) is 7.14. The van der Waals surface area contributed by atoms with Crippen LogP contribution < -0.4 is 10.6 Å². The zero-order valence-electron chi connectivity index (χ0n) is 12.8. The van der Waals surface area contributed by atoms with Crippen LogP contribution in [0.15, 0.2) is 48.5 Å². The Bertz CT molecular complexity index is 567. The highest BCUT2D eigenvalue weighted by atomic mass is 16.3. The van der Waals surface area contributed by atoms with E-state index in [-0.39, 0.29) is 11.8 Å². The minimum Gasteiger partial charge on any atom is -0.508 e. The Morgan fingerprint density at radius 1 is 1.10 bits per heavy atom. The van der Waals surface area contributed by atoms with Crippen molar-refractivity contribution in [3.63, 3.8) is 0 Å². The van der Waals surface area contributed by atoms with E-state index in [4.69, 9.17) is 5.73 Å². The first kappa shape index (κ1) is 15.4. The van der Waals surface area contributed by atoms with Crippen LogP contribution in [0.4, 0.5) is 11.4 Å². The molecule has 0 aliphatic rings. The summed E-state index contributed by atoms with van der Waals surface area (Å²) in [5, 5.41) is 10.2. The maximum atomic E-state index is 10.2. The summed E-state index contributed by atoms with van der Waals surface area (Å²) >= 11 is 0. The summed E-state index contributed by atoms with van der Waals surface area (Å²) < 4.78 is 0. The van der Waals surface area contributed by atoms with Crippen LogP contribution in [-0.4, -0.2) is 11.7 Å². The van der Waals surface area contributed by atoms with Gasteiger partial charge in [-0.3, -0.25) is 0 Å². The number of para-hydroxylation sites is 1. The molecule has 3 heteroatoms. The zero-order chi connectivity index (χ0) is 15.2. The fourth-order valence-corrected chi connectivity index (χ4v) is 2.42. The lowest BCUT2D eigenvalue weighted by Crippen LogP contribution is -2.18. The van der Waals surface area contributed by atoms with Gasteiger partial charge in [0, 0.05) is 35.6 Å². The number of hydrogen-bond donors (Lipinski definition) is 2. The van der Waals surface area contributed by atoms with Crippen molar-refractivity contribution in [3.8, 4) is 5.75 Å². The first-order chi connectivity index (χ1) is 10.1. The minimum atomic E-state index is -0.167. The molecule has 112 valence electrons. The Morgan fingerprint density at radius 3 is 2.38 bits per heavy atom. The van der Waals surface area contributed by atoms with E-state index in [0.29, 0.717) is 0 Å². The Hall–Kier alpha value is -2.00. The van der Waals surface area contributed by atoms with Gasteiger partial charge in [0.2, 0.25) is 0 Å². The number of nitrogens with zero attached hydrogens (tertiary/aromatic N) is 1. The zero-order valence-corrected chi connectivity index (χ0v) is 12.8. The molecule has 0 fully saturated rings. The van der Waals surface area contributed by atoms with E-state index in [1.165, 1.54) is 0 Å². The molecule has 0 aliphatic heterocycles. The number of anilines is 2. The smallest absolute Gasteiger partial charge is 0.122 e. The molecule has 3 nitrogen and oxygen atoms in total. The number of benzene rings is 2. The van der Waals surface area contributed by atoms with Crippen molar-refractivity contribution in [1.29, 1.82) is 0 Å². The summed E-state index contributed by atoms with van der Waals surface area (Å²) in [6.07, 6.45) is 2.23. The molecule has 0 heterocycles. The van der Waals surface area contributed by atoms with E-state index < -0.39 is 0 Å². The number of aromatic hydroxyl groups is 1. The van der Waals surface area contributed by atoms with Crippen LogP contribution in [0, 0.1) is 0 Å². The van der Waals surface area contributed by atoms with Crippen LogP contribution in [0.1, 0.15) is 38.3 Å². The summed E-state index contributed by atoms with van der Waals surface area (Å²) in [7, 11) is 0. The molecule has 0 amide bonds. The number of nitrogens with two attached hydrogens (primary N) is 1. The van der Waals surface area contributed by atoms with Crippen molar-refractivity contribution >= 4 is 11.4 Å². The van der Waals surface area contributed by atoms with Crippen molar-refractivity contribution in [3.05, 3.63) is 54.1 Å². The second-order valence-electron chi connectivity index (χ2n) is 5.37. The van der Waals surface area contributed by atoms with Crippen molar-refractivity contribution in [2.45, 2.75) is 32.7 Å². The summed E-state index contributed by atoms with van der Waals surface area (Å²) in [4.78, 5) is 2.23. The average molecular weight is 284 g/mol. The Kier molecular flexibility index (Phi) is 5.23. The Balaban J connectivity index is 2.35. The van der Waals surface area contributed by atoms with E-state index in [2.05, 4.69) is 24.0 Å². The summed E-state index contributed by atoms with van der Waals surface area (Å²) in [5.41, 5.74) is 8.77. The van der Waals surface area contributed by atoms with E-state index in [9.17, 15) is 5.11 Å². The monoisotopic (exact) mass is 284 g/mol. The maximum absolute atomic E-state index is 10.2. The molecule has 2 aromatic rings. The van der Waals surface area contributed by atoms with E-state index in [1.807, 2.05) is 37.3 Å². The van der Waals surface area contributed by atoms with Crippen LogP contribution in [-0.2, 0) is 0 Å². The highest BCUT2D eigenvalue weighted by Crippen LogP contribution is 2.32. The first-order valence-corrected chi connectivity index (χ1v) is 7.54. The molecule has 3 N–H and O–H groups in total. The standard InChI is InChI=1S/C18H24N2O/c1-3-4-12-20(15-8-6-5-7-9-15)16-10-11-17(14(2)19)18(21)13-16/h5-11,13-14,21H,3-4,12,19H2,1-2H3. The van der Waals surface area contributed by atoms with Crippen LogP contribution in [0.2, 0.25) is 0 Å².